The number of sulfonamides is 1. The Labute approximate surface area is 278 Å². The summed E-state index contributed by atoms with van der Waals surface area (Å²) >= 11 is 6.06. The molecule has 3 N–H and O–H groups in total. The van der Waals surface area contributed by atoms with Gasteiger partial charge in [-0.2, -0.15) is 0 Å². The average Bonchev–Trinajstić information content (AvgIpc) is 2.99. The zero-order valence-corrected chi connectivity index (χ0v) is 28.0. The minimum absolute atomic E-state index is 0.00897. The largest absolute Gasteiger partial charge is 0.444 e. The molecule has 0 atom stereocenters. The molecule has 1 aliphatic rings. The molecule has 0 radical (unpaired) electrons. The monoisotopic (exact) mass is 682 g/mol. The van der Waals surface area contributed by atoms with Crippen LogP contribution in [-0.4, -0.2) is 47.1 Å². The molecule has 0 saturated heterocycles. The summed E-state index contributed by atoms with van der Waals surface area (Å²) in [4.78, 5) is 25.4. The van der Waals surface area contributed by atoms with Crippen LogP contribution in [0.15, 0.2) is 71.9 Å². The van der Waals surface area contributed by atoms with E-state index < -0.39 is 27.5 Å². The van der Waals surface area contributed by atoms with Crippen molar-refractivity contribution in [3.05, 3.63) is 83.4 Å². The maximum atomic E-state index is 15.4. The molecule has 248 valence electrons. The summed E-state index contributed by atoms with van der Waals surface area (Å²) in [6.45, 7) is 7.09. The van der Waals surface area contributed by atoms with E-state index in [0.717, 1.165) is 31.7 Å². The van der Waals surface area contributed by atoms with E-state index in [0.29, 0.717) is 22.8 Å². The Bertz CT molecular complexity index is 1840. The lowest BCUT2D eigenvalue weighted by molar-refractivity contribution is 0.0492. The second kappa shape index (κ2) is 14.1. The van der Waals surface area contributed by atoms with E-state index in [-0.39, 0.29) is 39.3 Å². The van der Waals surface area contributed by atoms with Crippen LogP contribution >= 0.6 is 11.6 Å². The molecular formula is C33H36ClFN6O5S. The first-order chi connectivity index (χ1) is 22.3. The van der Waals surface area contributed by atoms with Gasteiger partial charge < -0.3 is 20.1 Å². The molecule has 2 aromatic heterocycles. The second-order valence-electron chi connectivity index (χ2n) is 12.2. The summed E-state index contributed by atoms with van der Waals surface area (Å²) in [5.74, 6) is -0.384. The number of benzene rings is 2. The van der Waals surface area contributed by atoms with Crippen molar-refractivity contribution in [1.29, 1.82) is 0 Å². The fraction of sp³-hybridized carbons (Fsp3) is 0.333. The van der Waals surface area contributed by atoms with Crippen molar-refractivity contribution in [2.75, 3.05) is 10.0 Å². The number of amides is 1. The normalized spacial score (nSPS) is 16.6. The van der Waals surface area contributed by atoms with Crippen LogP contribution in [0.5, 0.6) is 11.6 Å². The summed E-state index contributed by atoms with van der Waals surface area (Å²) < 4.78 is 54.9. The highest BCUT2D eigenvalue weighted by atomic mass is 35.5. The van der Waals surface area contributed by atoms with Gasteiger partial charge >= 0.3 is 6.09 Å². The molecule has 0 bridgehead atoms. The smallest absolute Gasteiger partial charge is 0.407 e. The summed E-state index contributed by atoms with van der Waals surface area (Å²) in [5, 5.41) is 6.37. The highest BCUT2D eigenvalue weighted by Crippen LogP contribution is 2.36. The van der Waals surface area contributed by atoms with E-state index in [1.165, 1.54) is 24.4 Å². The molecule has 2 heterocycles. The van der Waals surface area contributed by atoms with Crippen molar-refractivity contribution < 1.29 is 27.1 Å². The first-order valence-electron chi connectivity index (χ1n) is 15.1. The summed E-state index contributed by atoms with van der Waals surface area (Å²) in [7, 11) is -4.06. The Hall–Kier alpha value is -4.49. The van der Waals surface area contributed by atoms with Crippen LogP contribution in [-0.2, 0) is 14.8 Å². The maximum absolute atomic E-state index is 15.4. The van der Waals surface area contributed by atoms with Gasteiger partial charge in [0.25, 0.3) is 10.0 Å². The fourth-order valence-corrected chi connectivity index (χ4v) is 6.73. The summed E-state index contributed by atoms with van der Waals surface area (Å²) in [6, 6.07) is 13.8. The minimum atomic E-state index is -4.06. The van der Waals surface area contributed by atoms with Gasteiger partial charge in [-0.15, -0.1) is 0 Å². The molecule has 1 fully saturated rings. The molecule has 1 amide bonds. The summed E-state index contributed by atoms with van der Waals surface area (Å²) in [5.41, 5.74) is 0.803. The van der Waals surface area contributed by atoms with Crippen molar-refractivity contribution in [3.8, 4) is 22.9 Å². The average molecular weight is 683 g/mol. The number of aromatic nitrogens is 3. The van der Waals surface area contributed by atoms with Crippen molar-refractivity contribution in [1.82, 2.24) is 20.3 Å². The van der Waals surface area contributed by atoms with Crippen LogP contribution in [0.3, 0.4) is 0 Å². The first-order valence-corrected chi connectivity index (χ1v) is 16.9. The number of hydrogen-bond donors (Lipinski definition) is 3. The number of ether oxygens (including phenoxy) is 2. The Kier molecular flexibility index (Phi) is 10.2. The molecule has 4 aromatic rings. The van der Waals surface area contributed by atoms with Gasteiger partial charge in [0.15, 0.2) is 11.6 Å². The Morgan fingerprint density at radius 3 is 2.40 bits per heavy atom. The first kappa shape index (κ1) is 33.9. The molecule has 2 aromatic carbocycles. The maximum Gasteiger partial charge on any atom is 0.407 e. The molecular weight excluding hydrogens is 647 g/mol. The van der Waals surface area contributed by atoms with Crippen LogP contribution in [0.1, 0.15) is 52.0 Å². The van der Waals surface area contributed by atoms with E-state index >= 15 is 4.39 Å². The molecule has 11 nitrogen and oxygen atoms in total. The third-order valence-electron chi connectivity index (χ3n) is 7.29. The molecule has 0 aliphatic heterocycles. The molecule has 14 heteroatoms. The standard InChI is InChI=1S/C33H36ClFN6O5S/c1-20-18-23(41-47(43,44)28-10-6-5-9-25(28)34)19-26(35)29(20)45-30-24(8-7-16-36-30)27-15-17-37-31(40-27)38-21-11-13-22(14-12-21)39-32(42)46-33(2,3)4/h5-10,15-19,21-22,41H,11-14H2,1-4H3,(H,39,42)(H,37,38,40). The molecule has 1 saturated carbocycles. The Morgan fingerprint density at radius 2 is 1.70 bits per heavy atom. The van der Waals surface area contributed by atoms with Crippen LogP contribution in [0.2, 0.25) is 5.02 Å². The fourth-order valence-electron chi connectivity index (χ4n) is 5.17. The topological polar surface area (TPSA) is 144 Å². The Morgan fingerprint density at radius 1 is 0.979 bits per heavy atom. The predicted octanol–water partition coefficient (Wildman–Crippen LogP) is 7.48. The van der Waals surface area contributed by atoms with Crippen molar-refractivity contribution in [2.45, 2.75) is 76.0 Å². The number of nitrogens with zero attached hydrogens (tertiary/aromatic N) is 3. The quantitative estimate of drug-likeness (QED) is 0.164. The number of hydrogen-bond acceptors (Lipinski definition) is 9. The van der Waals surface area contributed by atoms with Crippen LogP contribution in [0.25, 0.3) is 11.3 Å². The number of carbonyl (C=O) groups is 1. The molecule has 0 unspecified atom stereocenters. The third kappa shape index (κ3) is 8.86. The van der Waals surface area contributed by atoms with Gasteiger partial charge in [-0.05, 0) is 95.3 Å². The SMILES string of the molecule is Cc1cc(NS(=O)(=O)c2ccccc2Cl)cc(F)c1Oc1ncccc1-c1ccnc(NC2CCC(NC(=O)OC(C)(C)C)CC2)n1. The van der Waals surface area contributed by atoms with E-state index in [1.807, 2.05) is 20.8 Å². The number of rotatable bonds is 9. The van der Waals surface area contributed by atoms with Gasteiger partial charge in [0, 0.05) is 30.5 Å². The highest BCUT2D eigenvalue weighted by Gasteiger charge is 2.26. The van der Waals surface area contributed by atoms with E-state index in [2.05, 4.69) is 30.3 Å². The summed E-state index contributed by atoms with van der Waals surface area (Å²) in [6.07, 6.45) is 5.88. The van der Waals surface area contributed by atoms with Crippen molar-refractivity contribution >= 4 is 39.4 Å². The number of nitrogens with one attached hydrogen (secondary N) is 3. The van der Waals surface area contributed by atoms with Crippen LogP contribution in [0.4, 0.5) is 20.8 Å². The lowest BCUT2D eigenvalue weighted by Gasteiger charge is -2.30. The van der Waals surface area contributed by atoms with Crippen LogP contribution < -0.4 is 20.1 Å². The second-order valence-corrected chi connectivity index (χ2v) is 14.3. The molecule has 1 aliphatic carbocycles. The van der Waals surface area contributed by atoms with E-state index in [1.54, 1.807) is 43.5 Å². The van der Waals surface area contributed by atoms with Gasteiger partial charge in [0.05, 0.1) is 22.0 Å². The predicted molar refractivity (Wildman–Crippen MR) is 178 cm³/mol. The molecule has 5 rings (SSSR count). The third-order valence-corrected chi connectivity index (χ3v) is 9.17. The van der Waals surface area contributed by atoms with Gasteiger partial charge in [0.2, 0.25) is 11.8 Å². The van der Waals surface area contributed by atoms with Crippen molar-refractivity contribution in [2.24, 2.45) is 0 Å². The van der Waals surface area contributed by atoms with Crippen LogP contribution in [0, 0.1) is 12.7 Å². The lowest BCUT2D eigenvalue weighted by atomic mass is 9.91. The highest BCUT2D eigenvalue weighted by molar-refractivity contribution is 7.92. The zero-order valence-electron chi connectivity index (χ0n) is 26.4. The van der Waals surface area contributed by atoms with Crippen molar-refractivity contribution in [3.63, 3.8) is 0 Å². The van der Waals surface area contributed by atoms with Gasteiger partial charge in [0.1, 0.15) is 10.5 Å². The molecule has 0 spiro atoms. The number of aryl methyl sites for hydroxylation is 1. The van der Waals surface area contributed by atoms with E-state index in [4.69, 9.17) is 21.1 Å². The Balaban J connectivity index is 1.27. The molecule has 47 heavy (non-hydrogen) atoms. The lowest BCUT2D eigenvalue weighted by Crippen LogP contribution is -2.42. The zero-order chi connectivity index (χ0) is 33.8. The van der Waals surface area contributed by atoms with E-state index in [9.17, 15) is 13.2 Å². The van der Waals surface area contributed by atoms with Gasteiger partial charge in [-0.25, -0.2) is 32.6 Å². The number of pyridine rings is 1. The number of carbonyl (C=O) groups excluding carboxylic acids is 1. The number of anilines is 2. The number of alkyl carbamates (subject to hydrolysis) is 1. The van der Waals surface area contributed by atoms with Gasteiger partial charge in [-0.1, -0.05) is 23.7 Å². The minimum Gasteiger partial charge on any atom is -0.444 e. The van der Waals surface area contributed by atoms with Gasteiger partial charge in [-0.3, -0.25) is 4.72 Å². The number of halogens is 2.